The summed E-state index contributed by atoms with van der Waals surface area (Å²) in [6.07, 6.45) is 0. The van der Waals surface area contributed by atoms with Crippen LogP contribution in [0.2, 0.25) is 0 Å². The van der Waals surface area contributed by atoms with E-state index in [2.05, 4.69) is 10.3 Å². The van der Waals surface area contributed by atoms with Crippen molar-refractivity contribution < 1.29 is 19.0 Å². The molecule has 5 aromatic rings. The molecule has 2 N–H and O–H groups in total. The van der Waals surface area contributed by atoms with Gasteiger partial charge in [-0.3, -0.25) is 9.59 Å². The summed E-state index contributed by atoms with van der Waals surface area (Å²) in [4.78, 5) is 34.9. The summed E-state index contributed by atoms with van der Waals surface area (Å²) in [5.41, 5.74) is 3.59. The molecule has 2 aromatic heterocycles. The number of carbonyl (C=O) groups is 1. The van der Waals surface area contributed by atoms with Crippen molar-refractivity contribution in [1.29, 1.82) is 0 Å². The fourth-order valence-electron chi connectivity index (χ4n) is 4.47. The van der Waals surface area contributed by atoms with Gasteiger partial charge in [-0.25, -0.2) is 9.55 Å². The fraction of sp³-hybridized carbons (Fsp3) is 0.179. The first kappa shape index (κ1) is 23.9. The van der Waals surface area contributed by atoms with Crippen molar-refractivity contribution >= 4 is 45.3 Å². The van der Waals surface area contributed by atoms with Gasteiger partial charge in [0.2, 0.25) is 5.91 Å². The lowest BCUT2D eigenvalue weighted by molar-refractivity contribution is -0.113. The van der Waals surface area contributed by atoms with Crippen molar-refractivity contribution in [2.45, 2.75) is 12.1 Å². The summed E-state index contributed by atoms with van der Waals surface area (Å²) in [6.45, 7) is 2.90. The number of aromatic amines is 1. The second-order valence-electron chi connectivity index (χ2n) is 8.80. The van der Waals surface area contributed by atoms with E-state index in [1.54, 1.807) is 25.3 Å². The van der Waals surface area contributed by atoms with Crippen LogP contribution in [0, 0.1) is 6.92 Å². The number of para-hydroxylation sites is 1. The molecule has 0 atom stereocenters. The van der Waals surface area contributed by atoms with E-state index in [0.717, 1.165) is 16.5 Å². The largest absolute Gasteiger partial charge is 0.495 e. The summed E-state index contributed by atoms with van der Waals surface area (Å²) < 4.78 is 18.2. The maximum Gasteiger partial charge on any atom is 0.283 e. The maximum absolute atomic E-state index is 13.9. The third kappa shape index (κ3) is 4.32. The number of anilines is 1. The SMILES string of the molecule is COc1ccc(C)cc1-n1c(SCC(=O)Nc2ccc3c(c2)OCCO3)nc2c([nH]c3ccccc32)c1=O. The Hall–Kier alpha value is -4.44. The first-order valence-corrected chi connectivity index (χ1v) is 13.0. The standard InChI is InChI=1S/C28H24N4O5S/c1-16-7-9-21(35-2)20(13-16)32-27(34)26-25(18-5-3-4-6-19(18)30-26)31-28(32)38-15-24(33)29-17-8-10-22-23(14-17)37-12-11-36-22/h3-10,13-14,30H,11-12,15H2,1-2H3,(H,29,33). The first-order chi connectivity index (χ1) is 18.5. The number of aromatic nitrogens is 3. The van der Waals surface area contributed by atoms with E-state index in [0.29, 0.717) is 58.0 Å². The number of H-pyrrole nitrogens is 1. The van der Waals surface area contributed by atoms with E-state index < -0.39 is 0 Å². The van der Waals surface area contributed by atoms with E-state index in [4.69, 9.17) is 19.2 Å². The van der Waals surface area contributed by atoms with Crippen molar-refractivity contribution in [2.24, 2.45) is 0 Å². The Morgan fingerprint density at radius 1 is 1.11 bits per heavy atom. The van der Waals surface area contributed by atoms with E-state index in [9.17, 15) is 9.59 Å². The smallest absolute Gasteiger partial charge is 0.283 e. The molecule has 6 rings (SSSR count). The van der Waals surface area contributed by atoms with Gasteiger partial charge in [-0.2, -0.15) is 0 Å². The van der Waals surface area contributed by atoms with Crippen LogP contribution < -0.4 is 25.1 Å². The number of benzene rings is 3. The zero-order valence-corrected chi connectivity index (χ0v) is 21.6. The zero-order chi connectivity index (χ0) is 26.2. The van der Waals surface area contributed by atoms with Crippen LogP contribution in [0.5, 0.6) is 17.2 Å². The molecule has 1 amide bonds. The number of carbonyl (C=O) groups excluding carboxylic acids is 1. The summed E-state index contributed by atoms with van der Waals surface area (Å²) >= 11 is 1.18. The molecule has 0 bridgehead atoms. The predicted octanol–water partition coefficient (Wildman–Crippen LogP) is 4.69. The summed E-state index contributed by atoms with van der Waals surface area (Å²) in [5, 5.41) is 4.11. The van der Waals surface area contributed by atoms with Gasteiger partial charge in [0, 0.05) is 22.7 Å². The highest BCUT2D eigenvalue weighted by atomic mass is 32.2. The summed E-state index contributed by atoms with van der Waals surface area (Å²) in [7, 11) is 1.56. The number of hydrogen-bond acceptors (Lipinski definition) is 7. The Morgan fingerprint density at radius 3 is 2.76 bits per heavy atom. The van der Waals surface area contributed by atoms with Gasteiger partial charge in [0.1, 0.15) is 30.0 Å². The third-order valence-electron chi connectivity index (χ3n) is 6.23. The number of nitrogens with one attached hydrogen (secondary N) is 2. The fourth-order valence-corrected chi connectivity index (χ4v) is 5.27. The Labute approximate surface area is 221 Å². The summed E-state index contributed by atoms with van der Waals surface area (Å²) in [5.74, 6) is 1.55. The van der Waals surface area contributed by atoms with Gasteiger partial charge >= 0.3 is 0 Å². The molecule has 1 aliphatic heterocycles. The molecule has 0 radical (unpaired) electrons. The molecule has 3 heterocycles. The van der Waals surface area contributed by atoms with Gasteiger partial charge in [0.15, 0.2) is 16.7 Å². The quantitative estimate of drug-likeness (QED) is 0.243. The number of aryl methyl sites for hydroxylation is 1. The number of ether oxygens (including phenoxy) is 3. The molecule has 0 saturated carbocycles. The molecular formula is C28H24N4O5S. The number of nitrogens with zero attached hydrogens (tertiary/aromatic N) is 2. The van der Waals surface area contributed by atoms with Gasteiger partial charge in [-0.05, 0) is 42.8 Å². The average molecular weight is 529 g/mol. The van der Waals surface area contributed by atoms with Gasteiger partial charge < -0.3 is 24.5 Å². The van der Waals surface area contributed by atoms with E-state index in [-0.39, 0.29) is 17.2 Å². The zero-order valence-electron chi connectivity index (χ0n) is 20.7. The molecule has 9 nitrogen and oxygen atoms in total. The van der Waals surface area contributed by atoms with Crippen molar-refractivity contribution in [3.63, 3.8) is 0 Å². The van der Waals surface area contributed by atoms with Crippen molar-refractivity contribution in [2.75, 3.05) is 31.4 Å². The number of fused-ring (bicyclic) bond motifs is 4. The lowest BCUT2D eigenvalue weighted by Gasteiger charge is -2.19. The van der Waals surface area contributed by atoms with Crippen LogP contribution in [0.4, 0.5) is 5.69 Å². The molecule has 1 aliphatic rings. The molecule has 192 valence electrons. The molecule has 0 saturated heterocycles. The maximum atomic E-state index is 13.9. The minimum atomic E-state index is -0.273. The van der Waals surface area contributed by atoms with Crippen molar-refractivity contribution in [1.82, 2.24) is 14.5 Å². The van der Waals surface area contributed by atoms with Crippen LogP contribution in [-0.2, 0) is 4.79 Å². The normalized spacial score (nSPS) is 12.6. The molecular weight excluding hydrogens is 504 g/mol. The van der Waals surface area contributed by atoms with E-state index in [1.165, 1.54) is 16.3 Å². The van der Waals surface area contributed by atoms with Gasteiger partial charge in [-0.1, -0.05) is 36.0 Å². The monoisotopic (exact) mass is 528 g/mol. The Bertz CT molecular complexity index is 1760. The Balaban J connectivity index is 1.38. The number of rotatable bonds is 6. The molecule has 0 aliphatic carbocycles. The third-order valence-corrected chi connectivity index (χ3v) is 7.17. The van der Waals surface area contributed by atoms with Crippen LogP contribution in [0.15, 0.2) is 70.6 Å². The Morgan fingerprint density at radius 2 is 1.92 bits per heavy atom. The summed E-state index contributed by atoms with van der Waals surface area (Å²) in [6, 6.07) is 18.5. The van der Waals surface area contributed by atoms with Gasteiger partial charge in [0.25, 0.3) is 5.56 Å². The second kappa shape index (κ2) is 9.79. The van der Waals surface area contributed by atoms with E-state index >= 15 is 0 Å². The van der Waals surface area contributed by atoms with Crippen molar-refractivity contribution in [3.05, 3.63) is 76.6 Å². The average Bonchev–Trinajstić information content (AvgIpc) is 3.31. The van der Waals surface area contributed by atoms with Crippen molar-refractivity contribution in [3.8, 4) is 22.9 Å². The number of amides is 1. The minimum Gasteiger partial charge on any atom is -0.495 e. The second-order valence-corrected chi connectivity index (χ2v) is 9.74. The van der Waals surface area contributed by atoms with E-state index in [1.807, 2.05) is 49.4 Å². The highest BCUT2D eigenvalue weighted by molar-refractivity contribution is 7.99. The van der Waals surface area contributed by atoms with Crippen LogP contribution in [0.3, 0.4) is 0 Å². The van der Waals surface area contributed by atoms with Crippen LogP contribution in [-0.4, -0.2) is 46.5 Å². The number of methoxy groups -OCH3 is 1. The molecule has 0 unspecified atom stereocenters. The minimum absolute atomic E-state index is 0.0306. The lowest BCUT2D eigenvalue weighted by atomic mass is 10.2. The molecule has 38 heavy (non-hydrogen) atoms. The number of thioether (sulfide) groups is 1. The lowest BCUT2D eigenvalue weighted by Crippen LogP contribution is -2.23. The van der Waals surface area contributed by atoms with Gasteiger partial charge in [0.05, 0.1) is 18.6 Å². The molecule has 3 aromatic carbocycles. The molecule has 10 heteroatoms. The molecule has 0 fully saturated rings. The highest BCUT2D eigenvalue weighted by Gasteiger charge is 2.21. The highest BCUT2D eigenvalue weighted by Crippen LogP contribution is 2.33. The number of hydrogen-bond donors (Lipinski definition) is 2. The topological polar surface area (TPSA) is 107 Å². The molecule has 0 spiro atoms. The predicted molar refractivity (Wildman–Crippen MR) is 147 cm³/mol. The van der Waals surface area contributed by atoms with Crippen LogP contribution >= 0.6 is 11.8 Å². The Kier molecular flexibility index (Phi) is 6.16. The van der Waals surface area contributed by atoms with Crippen LogP contribution in [0.25, 0.3) is 27.6 Å². The van der Waals surface area contributed by atoms with Gasteiger partial charge in [-0.15, -0.1) is 0 Å². The van der Waals surface area contributed by atoms with Crippen LogP contribution in [0.1, 0.15) is 5.56 Å². The first-order valence-electron chi connectivity index (χ1n) is 12.0.